The molecule has 124 valence electrons. The minimum atomic E-state index is -4.48. The van der Waals surface area contributed by atoms with Crippen LogP contribution in [0.25, 0.3) is 0 Å². The Kier molecular flexibility index (Phi) is 4.19. The van der Waals surface area contributed by atoms with Crippen molar-refractivity contribution in [2.24, 2.45) is 5.92 Å². The number of hydrogen-bond acceptors (Lipinski definition) is 2. The predicted molar refractivity (Wildman–Crippen MR) is 78.4 cm³/mol. The van der Waals surface area contributed by atoms with E-state index in [2.05, 4.69) is 0 Å². The van der Waals surface area contributed by atoms with Crippen LogP contribution in [0.2, 0.25) is 0 Å². The third-order valence-electron chi connectivity index (χ3n) is 4.54. The van der Waals surface area contributed by atoms with Gasteiger partial charge in [-0.1, -0.05) is 30.4 Å². The van der Waals surface area contributed by atoms with E-state index >= 15 is 0 Å². The van der Waals surface area contributed by atoms with Crippen LogP contribution in [0.5, 0.6) is 0 Å². The highest BCUT2D eigenvalue weighted by Gasteiger charge is 2.42. The number of halogens is 3. The summed E-state index contributed by atoms with van der Waals surface area (Å²) in [5.74, 6) is -0.394. The summed E-state index contributed by atoms with van der Waals surface area (Å²) in [7, 11) is 0. The molecular formula is C17H18F3NO2. The van der Waals surface area contributed by atoms with E-state index in [1.165, 1.54) is 23.1 Å². The maximum absolute atomic E-state index is 13.3. The number of likely N-dealkylation sites (tertiary alicyclic amines) is 1. The molecular weight excluding hydrogens is 307 g/mol. The molecule has 0 unspecified atom stereocenters. The molecule has 1 aromatic rings. The average Bonchev–Trinajstić information content (AvgIpc) is 3.15. The van der Waals surface area contributed by atoms with Crippen molar-refractivity contribution in [2.75, 3.05) is 6.54 Å². The predicted octanol–water partition coefficient (Wildman–Crippen LogP) is 3.31. The van der Waals surface area contributed by atoms with Gasteiger partial charge in [0.25, 0.3) is 0 Å². The molecule has 1 heterocycles. The number of allylic oxidation sites excluding steroid dienone is 2. The molecule has 0 saturated carbocycles. The third kappa shape index (κ3) is 3.13. The van der Waals surface area contributed by atoms with Crippen LogP contribution in [0.3, 0.4) is 0 Å². The van der Waals surface area contributed by atoms with E-state index in [0.717, 1.165) is 6.07 Å². The lowest BCUT2D eigenvalue weighted by Gasteiger charge is -2.29. The van der Waals surface area contributed by atoms with Gasteiger partial charge < -0.3 is 10.0 Å². The van der Waals surface area contributed by atoms with Gasteiger partial charge >= 0.3 is 6.18 Å². The number of carbonyl (C=O) groups excluding carboxylic acids is 1. The molecule has 1 aromatic carbocycles. The molecule has 2 aliphatic rings. The van der Waals surface area contributed by atoms with Gasteiger partial charge in [0.1, 0.15) is 0 Å². The molecule has 3 nitrogen and oxygen atoms in total. The molecule has 0 aromatic heterocycles. The fraction of sp³-hybridized carbons (Fsp3) is 0.471. The van der Waals surface area contributed by atoms with Gasteiger partial charge in [-0.2, -0.15) is 13.2 Å². The highest BCUT2D eigenvalue weighted by molar-refractivity contribution is 5.80. The number of hydrogen-bond donors (Lipinski definition) is 1. The lowest BCUT2D eigenvalue weighted by molar-refractivity contribution is -0.141. The van der Waals surface area contributed by atoms with Crippen molar-refractivity contribution in [3.05, 3.63) is 47.5 Å². The zero-order valence-electron chi connectivity index (χ0n) is 12.5. The molecule has 1 saturated heterocycles. The van der Waals surface area contributed by atoms with Crippen LogP contribution in [0, 0.1) is 5.92 Å². The minimum absolute atomic E-state index is 0.0656. The van der Waals surface area contributed by atoms with E-state index in [4.69, 9.17) is 0 Å². The van der Waals surface area contributed by atoms with Crippen LogP contribution in [0.1, 0.15) is 36.4 Å². The second-order valence-corrected chi connectivity index (χ2v) is 6.12. The molecule has 1 aliphatic heterocycles. The maximum Gasteiger partial charge on any atom is 0.416 e. The first-order chi connectivity index (χ1) is 10.9. The van der Waals surface area contributed by atoms with Crippen molar-refractivity contribution in [3.8, 4) is 0 Å². The maximum atomic E-state index is 13.3. The molecule has 1 amide bonds. The van der Waals surface area contributed by atoms with E-state index in [1.54, 1.807) is 0 Å². The molecule has 2 atom stereocenters. The summed E-state index contributed by atoms with van der Waals surface area (Å²) >= 11 is 0. The monoisotopic (exact) mass is 325 g/mol. The molecule has 6 heteroatoms. The summed E-state index contributed by atoms with van der Waals surface area (Å²) in [4.78, 5) is 14.1. The van der Waals surface area contributed by atoms with Gasteiger partial charge in [0.05, 0.1) is 17.7 Å². The number of alkyl halides is 3. The van der Waals surface area contributed by atoms with Crippen molar-refractivity contribution in [1.82, 2.24) is 4.90 Å². The van der Waals surface area contributed by atoms with Crippen LogP contribution in [0.15, 0.2) is 36.4 Å². The van der Waals surface area contributed by atoms with E-state index < -0.39 is 23.9 Å². The minimum Gasteiger partial charge on any atom is -0.391 e. The molecule has 0 radical (unpaired) electrons. The summed E-state index contributed by atoms with van der Waals surface area (Å²) in [6.45, 7) is 0.0895. The third-order valence-corrected chi connectivity index (χ3v) is 4.54. The summed E-state index contributed by atoms with van der Waals surface area (Å²) < 4.78 is 39.8. The number of aliphatic hydroxyl groups is 1. The lowest BCUT2D eigenvalue weighted by atomic mass is 9.96. The molecule has 3 rings (SSSR count). The molecule has 1 aliphatic carbocycles. The summed E-state index contributed by atoms with van der Waals surface area (Å²) in [5.41, 5.74) is -0.669. The van der Waals surface area contributed by atoms with Gasteiger partial charge in [0, 0.05) is 12.5 Å². The topological polar surface area (TPSA) is 40.5 Å². The second-order valence-electron chi connectivity index (χ2n) is 6.12. The quantitative estimate of drug-likeness (QED) is 0.848. The summed E-state index contributed by atoms with van der Waals surface area (Å²) in [6, 6.07) is 4.58. The Hall–Kier alpha value is -1.82. The molecule has 0 spiro atoms. The Morgan fingerprint density at radius 3 is 2.48 bits per heavy atom. The van der Waals surface area contributed by atoms with Crippen LogP contribution < -0.4 is 0 Å². The molecule has 0 bridgehead atoms. The summed E-state index contributed by atoms with van der Waals surface area (Å²) in [6.07, 6.45) is -0.0913. The van der Waals surface area contributed by atoms with Gasteiger partial charge in [-0.15, -0.1) is 0 Å². The number of rotatable bonds is 2. The van der Waals surface area contributed by atoms with Gasteiger partial charge in [-0.05, 0) is 30.9 Å². The number of carbonyl (C=O) groups is 1. The largest absolute Gasteiger partial charge is 0.416 e. The van der Waals surface area contributed by atoms with E-state index in [9.17, 15) is 23.1 Å². The highest BCUT2D eigenvalue weighted by atomic mass is 19.4. The van der Waals surface area contributed by atoms with Crippen molar-refractivity contribution in [1.29, 1.82) is 0 Å². The van der Waals surface area contributed by atoms with E-state index in [0.29, 0.717) is 12.8 Å². The van der Waals surface area contributed by atoms with Gasteiger partial charge in [0.15, 0.2) is 0 Å². The van der Waals surface area contributed by atoms with Crippen molar-refractivity contribution in [2.45, 2.75) is 37.6 Å². The number of benzene rings is 1. The van der Waals surface area contributed by atoms with Crippen LogP contribution in [0.4, 0.5) is 13.2 Å². The first-order valence-electron chi connectivity index (χ1n) is 7.67. The molecule has 1 N–H and O–H groups in total. The van der Waals surface area contributed by atoms with Crippen molar-refractivity contribution in [3.63, 3.8) is 0 Å². The number of nitrogens with zero attached hydrogens (tertiary/aromatic N) is 1. The van der Waals surface area contributed by atoms with Crippen molar-refractivity contribution < 1.29 is 23.1 Å². The standard InChI is InChI=1S/C17H18F3NO2/c18-17(19,20)14-8-4-3-7-13(14)15-9-12(22)10-21(15)16(23)11-5-1-2-6-11/h1-4,7-8,11-12,15,22H,5-6,9-10H2/t12-,15+/m1/s1. The number of β-amino-alcohol motifs (C(OH)–C–C–N with tert-alkyl or cyclic N) is 1. The smallest absolute Gasteiger partial charge is 0.391 e. The zero-order chi connectivity index (χ0) is 16.6. The van der Waals surface area contributed by atoms with E-state index in [-0.39, 0.29) is 30.4 Å². The number of aliphatic hydroxyl groups excluding tert-OH is 1. The fourth-order valence-electron chi connectivity index (χ4n) is 3.45. The summed E-state index contributed by atoms with van der Waals surface area (Å²) in [5, 5.41) is 9.93. The van der Waals surface area contributed by atoms with Crippen LogP contribution in [-0.2, 0) is 11.0 Å². The Bertz CT molecular complexity index is 619. The lowest BCUT2D eigenvalue weighted by Crippen LogP contribution is -2.36. The Labute approximate surface area is 132 Å². The first-order valence-corrected chi connectivity index (χ1v) is 7.67. The Morgan fingerprint density at radius 2 is 1.83 bits per heavy atom. The van der Waals surface area contributed by atoms with Gasteiger partial charge in [-0.25, -0.2) is 0 Å². The van der Waals surface area contributed by atoms with Crippen LogP contribution >= 0.6 is 0 Å². The zero-order valence-corrected chi connectivity index (χ0v) is 12.5. The highest BCUT2D eigenvalue weighted by Crippen LogP contribution is 2.41. The first kappa shape index (κ1) is 16.1. The Morgan fingerprint density at radius 1 is 1.17 bits per heavy atom. The molecule has 1 fully saturated rings. The number of amides is 1. The SMILES string of the molecule is O=C(C1CC=CC1)N1C[C@H](O)C[C@H]1c1ccccc1C(F)(F)F. The second kappa shape index (κ2) is 6.00. The normalized spacial score (nSPS) is 25.3. The Balaban J connectivity index is 1.93. The van der Waals surface area contributed by atoms with Gasteiger partial charge in [0.2, 0.25) is 5.91 Å². The average molecular weight is 325 g/mol. The van der Waals surface area contributed by atoms with E-state index in [1.807, 2.05) is 12.2 Å². The van der Waals surface area contributed by atoms with Crippen LogP contribution in [-0.4, -0.2) is 28.6 Å². The molecule has 23 heavy (non-hydrogen) atoms. The fourth-order valence-corrected chi connectivity index (χ4v) is 3.45. The van der Waals surface area contributed by atoms with Gasteiger partial charge in [-0.3, -0.25) is 4.79 Å². The van der Waals surface area contributed by atoms with Crippen molar-refractivity contribution >= 4 is 5.91 Å².